The fraction of sp³-hybridized carbons (Fsp3) is 0.615. The first-order chi connectivity index (χ1) is 11.0. The number of nitrogens with zero attached hydrogens (tertiary/aromatic N) is 4. The Labute approximate surface area is 132 Å². The first-order valence-corrected chi connectivity index (χ1v) is 7.42. The molecule has 1 aromatic rings. The second kappa shape index (κ2) is 6.32. The SMILES string of the molecule is Cc1nc(CN2CCN(C(=O)C[C@H]3NC(=O)NC3=O)CC2)no1. The number of carbonyl (C=O) groups is 3. The zero-order chi connectivity index (χ0) is 16.4. The third-order valence-corrected chi connectivity index (χ3v) is 3.90. The Bertz CT molecular complexity index is 622. The Hall–Kier alpha value is -2.49. The molecule has 0 bridgehead atoms. The topological polar surface area (TPSA) is 121 Å². The largest absolute Gasteiger partial charge is 0.340 e. The Kier molecular flexibility index (Phi) is 4.24. The van der Waals surface area contributed by atoms with Crippen LogP contribution in [0, 0.1) is 6.92 Å². The van der Waals surface area contributed by atoms with Crippen molar-refractivity contribution in [1.29, 1.82) is 0 Å². The highest BCUT2D eigenvalue weighted by molar-refractivity contribution is 6.05. The highest BCUT2D eigenvalue weighted by Crippen LogP contribution is 2.09. The van der Waals surface area contributed by atoms with Crippen LogP contribution in [0.4, 0.5) is 4.79 Å². The predicted octanol–water partition coefficient (Wildman–Crippen LogP) is -1.38. The molecule has 2 aliphatic heterocycles. The summed E-state index contributed by atoms with van der Waals surface area (Å²) in [4.78, 5) is 42.7. The molecule has 1 aromatic heterocycles. The molecule has 0 spiro atoms. The van der Waals surface area contributed by atoms with Crippen molar-refractivity contribution in [2.24, 2.45) is 0 Å². The molecule has 4 amide bonds. The summed E-state index contributed by atoms with van der Waals surface area (Å²) in [5.74, 6) is 0.579. The van der Waals surface area contributed by atoms with Crippen molar-refractivity contribution in [2.45, 2.75) is 25.9 Å². The zero-order valence-electron chi connectivity index (χ0n) is 12.7. The van der Waals surface area contributed by atoms with Gasteiger partial charge in [0, 0.05) is 33.1 Å². The summed E-state index contributed by atoms with van der Waals surface area (Å²) in [7, 11) is 0. The number of hydrogen-bond acceptors (Lipinski definition) is 7. The minimum absolute atomic E-state index is 0.0123. The van der Waals surface area contributed by atoms with Crippen LogP contribution in [0.15, 0.2) is 4.52 Å². The molecule has 1 atom stereocenters. The van der Waals surface area contributed by atoms with Crippen LogP contribution in [0.25, 0.3) is 0 Å². The molecule has 2 saturated heterocycles. The molecule has 0 radical (unpaired) electrons. The van der Waals surface area contributed by atoms with Gasteiger partial charge in [-0.3, -0.25) is 19.8 Å². The second-order valence-corrected chi connectivity index (χ2v) is 5.61. The summed E-state index contributed by atoms with van der Waals surface area (Å²) in [6.07, 6.45) is -0.0123. The number of aromatic nitrogens is 2. The third kappa shape index (κ3) is 3.65. The number of nitrogens with one attached hydrogen (secondary N) is 2. The minimum Gasteiger partial charge on any atom is -0.340 e. The molecule has 0 aliphatic carbocycles. The maximum Gasteiger partial charge on any atom is 0.322 e. The molecule has 0 unspecified atom stereocenters. The molecule has 0 aromatic carbocycles. The molecule has 0 saturated carbocycles. The van der Waals surface area contributed by atoms with Crippen LogP contribution in [0.3, 0.4) is 0 Å². The highest BCUT2D eigenvalue weighted by Gasteiger charge is 2.33. The second-order valence-electron chi connectivity index (χ2n) is 5.61. The summed E-state index contributed by atoms with van der Waals surface area (Å²) >= 11 is 0. The highest BCUT2D eigenvalue weighted by atomic mass is 16.5. The van der Waals surface area contributed by atoms with Crippen molar-refractivity contribution < 1.29 is 18.9 Å². The van der Waals surface area contributed by atoms with Gasteiger partial charge in [-0.2, -0.15) is 4.98 Å². The molecule has 10 heteroatoms. The van der Waals surface area contributed by atoms with Gasteiger partial charge in [-0.15, -0.1) is 0 Å². The number of imide groups is 1. The summed E-state index contributed by atoms with van der Waals surface area (Å²) in [6.45, 7) is 4.85. The van der Waals surface area contributed by atoms with E-state index >= 15 is 0 Å². The molecule has 3 heterocycles. The van der Waals surface area contributed by atoms with Crippen molar-refractivity contribution in [2.75, 3.05) is 26.2 Å². The molecule has 2 N–H and O–H groups in total. The van der Waals surface area contributed by atoms with Gasteiger partial charge in [0.05, 0.1) is 13.0 Å². The molecule has 10 nitrogen and oxygen atoms in total. The lowest BCUT2D eigenvalue weighted by molar-refractivity contribution is -0.135. The summed E-state index contributed by atoms with van der Waals surface area (Å²) in [6, 6.07) is -1.32. The standard InChI is InChI=1S/C13H18N6O4/c1-8-14-10(17-23-8)7-18-2-4-19(5-3-18)11(20)6-9-12(21)16-13(22)15-9/h9H,2-7H2,1H3,(H2,15,16,21,22)/t9-/m1/s1. The molecule has 3 rings (SSSR count). The number of piperazine rings is 1. The van der Waals surface area contributed by atoms with Gasteiger partial charge < -0.3 is 14.7 Å². The van der Waals surface area contributed by atoms with Gasteiger partial charge >= 0.3 is 6.03 Å². The average Bonchev–Trinajstić information content (AvgIpc) is 3.05. The van der Waals surface area contributed by atoms with E-state index in [1.54, 1.807) is 11.8 Å². The molecular weight excluding hydrogens is 304 g/mol. The van der Waals surface area contributed by atoms with Gasteiger partial charge in [-0.1, -0.05) is 5.16 Å². The Morgan fingerprint density at radius 2 is 2.04 bits per heavy atom. The van der Waals surface area contributed by atoms with Gasteiger partial charge in [0.15, 0.2) is 5.82 Å². The Morgan fingerprint density at radius 3 is 2.61 bits per heavy atom. The van der Waals surface area contributed by atoms with Gasteiger partial charge in [-0.25, -0.2) is 4.79 Å². The predicted molar refractivity (Wildman–Crippen MR) is 76.0 cm³/mol. The van der Waals surface area contributed by atoms with Crippen LogP contribution in [0.2, 0.25) is 0 Å². The number of carbonyl (C=O) groups excluding carboxylic acids is 3. The Balaban J connectivity index is 1.46. The third-order valence-electron chi connectivity index (χ3n) is 3.90. The van der Waals surface area contributed by atoms with Crippen LogP contribution in [-0.2, 0) is 16.1 Å². The van der Waals surface area contributed by atoms with Crippen molar-refractivity contribution >= 4 is 17.8 Å². The van der Waals surface area contributed by atoms with E-state index < -0.39 is 18.0 Å². The summed E-state index contributed by atoms with van der Waals surface area (Å²) in [5.41, 5.74) is 0. The summed E-state index contributed by atoms with van der Waals surface area (Å²) in [5, 5.41) is 8.41. The normalized spacial score (nSPS) is 22.1. The average molecular weight is 322 g/mol. The monoisotopic (exact) mass is 322 g/mol. The van der Waals surface area contributed by atoms with E-state index in [2.05, 4.69) is 25.7 Å². The number of hydrogen-bond donors (Lipinski definition) is 2. The maximum absolute atomic E-state index is 12.2. The first kappa shape index (κ1) is 15.4. The lowest BCUT2D eigenvalue weighted by Crippen LogP contribution is -2.49. The molecule has 2 fully saturated rings. The summed E-state index contributed by atoms with van der Waals surface area (Å²) < 4.78 is 4.93. The van der Waals surface area contributed by atoms with Gasteiger partial charge in [-0.05, 0) is 0 Å². The van der Waals surface area contributed by atoms with Crippen LogP contribution < -0.4 is 10.6 Å². The maximum atomic E-state index is 12.2. The number of rotatable bonds is 4. The minimum atomic E-state index is -0.768. The molecule has 124 valence electrons. The van der Waals surface area contributed by atoms with E-state index in [9.17, 15) is 14.4 Å². The van der Waals surface area contributed by atoms with E-state index in [4.69, 9.17) is 4.52 Å². The van der Waals surface area contributed by atoms with Crippen LogP contribution in [0.5, 0.6) is 0 Å². The van der Waals surface area contributed by atoms with Gasteiger partial charge in [0.2, 0.25) is 11.8 Å². The van der Waals surface area contributed by atoms with E-state index in [1.807, 2.05) is 0 Å². The Morgan fingerprint density at radius 1 is 1.30 bits per heavy atom. The van der Waals surface area contributed by atoms with Gasteiger partial charge in [0.1, 0.15) is 6.04 Å². The fourth-order valence-corrected chi connectivity index (χ4v) is 2.67. The van der Waals surface area contributed by atoms with Crippen molar-refractivity contribution in [3.8, 4) is 0 Å². The van der Waals surface area contributed by atoms with E-state index in [0.717, 1.165) is 0 Å². The quantitative estimate of drug-likeness (QED) is 0.655. The number of amides is 4. The molecular formula is C13H18N6O4. The van der Waals surface area contributed by atoms with Gasteiger partial charge in [0.25, 0.3) is 5.91 Å². The van der Waals surface area contributed by atoms with E-state index in [0.29, 0.717) is 44.4 Å². The van der Waals surface area contributed by atoms with Crippen LogP contribution >= 0.6 is 0 Å². The first-order valence-electron chi connectivity index (χ1n) is 7.42. The van der Waals surface area contributed by atoms with Crippen molar-refractivity contribution in [1.82, 2.24) is 30.6 Å². The lowest BCUT2D eigenvalue weighted by Gasteiger charge is -2.34. The zero-order valence-corrected chi connectivity index (χ0v) is 12.7. The van der Waals surface area contributed by atoms with Crippen LogP contribution in [-0.4, -0.2) is 70.0 Å². The number of aryl methyl sites for hydroxylation is 1. The number of urea groups is 1. The van der Waals surface area contributed by atoms with E-state index in [1.165, 1.54) is 0 Å². The molecule has 2 aliphatic rings. The molecule has 23 heavy (non-hydrogen) atoms. The van der Waals surface area contributed by atoms with Crippen molar-refractivity contribution in [3.63, 3.8) is 0 Å². The smallest absolute Gasteiger partial charge is 0.322 e. The lowest BCUT2D eigenvalue weighted by atomic mass is 10.1. The van der Waals surface area contributed by atoms with Crippen LogP contribution in [0.1, 0.15) is 18.1 Å². The van der Waals surface area contributed by atoms with E-state index in [-0.39, 0.29) is 12.3 Å². The fourth-order valence-electron chi connectivity index (χ4n) is 2.67. The van der Waals surface area contributed by atoms with Crippen molar-refractivity contribution in [3.05, 3.63) is 11.7 Å².